The Morgan fingerprint density at radius 2 is 1.54 bits per heavy atom. The number of aliphatic hydroxyl groups excluding tert-OH is 1. The zero-order valence-corrected chi connectivity index (χ0v) is 50.8. The van der Waals surface area contributed by atoms with Gasteiger partial charge in [0.2, 0.25) is 23.6 Å². The van der Waals surface area contributed by atoms with Crippen molar-refractivity contribution in [3.05, 3.63) is 135 Å². The van der Waals surface area contributed by atoms with Crippen molar-refractivity contribution in [1.29, 1.82) is 0 Å². The number of thiophene rings is 1. The van der Waals surface area contributed by atoms with Crippen LogP contribution in [0.3, 0.4) is 0 Å². The number of ether oxygens (including phenoxy) is 1. The number of piperazine rings is 1. The van der Waals surface area contributed by atoms with E-state index in [0.29, 0.717) is 36.2 Å². The van der Waals surface area contributed by atoms with Crippen LogP contribution in [0.15, 0.2) is 96.4 Å². The van der Waals surface area contributed by atoms with Crippen molar-refractivity contribution < 1.29 is 29.0 Å². The number of aryl methyl sites for hydroxylation is 2. The number of nitrogens with one attached hydrogen (secondary N) is 2. The van der Waals surface area contributed by atoms with Gasteiger partial charge in [-0.3, -0.25) is 24.1 Å². The van der Waals surface area contributed by atoms with Crippen molar-refractivity contribution >= 4 is 57.9 Å². The quantitative estimate of drug-likeness (QED) is 0.0690. The van der Waals surface area contributed by atoms with Crippen molar-refractivity contribution in [2.75, 3.05) is 62.7 Å². The summed E-state index contributed by atoms with van der Waals surface area (Å²) < 4.78 is 6.24. The number of carbonyl (C=O) groups is 4. The topological polar surface area (TPSA) is 138 Å². The van der Waals surface area contributed by atoms with Gasteiger partial charge in [0.05, 0.1) is 30.7 Å². The number of amides is 4. The predicted octanol–water partition coefficient (Wildman–Crippen LogP) is 11.3. The highest BCUT2D eigenvalue weighted by molar-refractivity contribution is 7.13. The van der Waals surface area contributed by atoms with Crippen LogP contribution in [0.4, 0.5) is 11.4 Å². The minimum absolute atomic E-state index is 0.0280. The molecule has 1 aromatic heterocycles. The van der Waals surface area contributed by atoms with Crippen LogP contribution >= 0.6 is 22.9 Å². The van der Waals surface area contributed by atoms with E-state index in [4.69, 9.17) is 16.3 Å². The molecule has 3 N–H and O–H groups in total. The number of aliphatic hydroxyl groups is 1. The van der Waals surface area contributed by atoms with E-state index < -0.39 is 23.6 Å². The summed E-state index contributed by atoms with van der Waals surface area (Å²) >= 11 is 8.06. The summed E-state index contributed by atoms with van der Waals surface area (Å²) in [4.78, 5) is 67.9. The lowest BCUT2D eigenvalue weighted by molar-refractivity contribution is -0.144. The van der Waals surface area contributed by atoms with Gasteiger partial charge in [0.25, 0.3) is 0 Å². The third kappa shape index (κ3) is 14.5. The molecule has 1 saturated carbocycles. The molecule has 434 valence electrons. The van der Waals surface area contributed by atoms with E-state index in [1.165, 1.54) is 41.0 Å². The fourth-order valence-electron chi connectivity index (χ4n) is 12.7. The molecule has 0 spiro atoms. The molecule has 1 aliphatic carbocycles. The third-order valence-electron chi connectivity index (χ3n) is 17.3. The number of likely N-dealkylation sites (tertiary alicyclic amines) is 1. The summed E-state index contributed by atoms with van der Waals surface area (Å²) in [7, 11) is 2.18. The molecule has 0 unspecified atom stereocenters. The van der Waals surface area contributed by atoms with E-state index in [-0.39, 0.29) is 54.8 Å². The average molecular weight is 1140 g/mol. The van der Waals surface area contributed by atoms with E-state index in [0.717, 1.165) is 96.2 Å². The first-order valence-corrected chi connectivity index (χ1v) is 30.8. The summed E-state index contributed by atoms with van der Waals surface area (Å²) in [5, 5.41) is 19.6. The third-order valence-corrected chi connectivity index (χ3v) is 18.6. The number of carbonyl (C=O) groups excluding carboxylic acids is 4. The number of β-amino-alcohol motifs (C(OH)–C–C–N with tert-alkyl or cyclic N) is 1. The lowest BCUT2D eigenvalue weighted by Gasteiger charge is -2.42. The number of hydrogen-bond acceptors (Lipinski definition) is 10. The van der Waals surface area contributed by atoms with Crippen LogP contribution in [-0.4, -0.2) is 127 Å². The van der Waals surface area contributed by atoms with Gasteiger partial charge in [-0.25, -0.2) is 0 Å². The van der Waals surface area contributed by atoms with Gasteiger partial charge in [-0.2, -0.15) is 0 Å². The first-order chi connectivity index (χ1) is 38.7. The fraction of sp³-hybridized carbons (Fsp3) is 0.515. The van der Waals surface area contributed by atoms with Crippen LogP contribution < -0.4 is 25.2 Å². The number of hydrogen-bond donors (Lipinski definition) is 3. The molecule has 4 heterocycles. The number of rotatable bonds is 19. The maximum atomic E-state index is 14.3. The summed E-state index contributed by atoms with van der Waals surface area (Å²) in [6, 6.07) is 29.1. The molecule has 2 saturated heterocycles. The molecule has 3 aliphatic heterocycles. The van der Waals surface area contributed by atoms with E-state index in [1.807, 2.05) is 89.8 Å². The molecule has 4 aliphatic rings. The Bertz CT molecular complexity index is 2960. The SMILES string of the molecule is Cc1cc2c(cc1OC(C)C)[C@H](c1ccc(Cl)cc1)N(c1ccc(N(C)CC3CCC(N4CCN(CCCCC(=O)N[C@H](C(=O)N5C[C@H](O)C[C@H]5C(=O)N[C@@H](C)c5ccc(-c6sccc6C)cc5)C(C)(C)C)CC4)CC3)cc1)C(=O)C2. The highest BCUT2D eigenvalue weighted by atomic mass is 35.5. The van der Waals surface area contributed by atoms with Crippen LogP contribution in [-0.2, 0) is 25.6 Å². The molecule has 0 bridgehead atoms. The minimum Gasteiger partial charge on any atom is -0.491 e. The Hall–Kier alpha value is -5.77. The highest BCUT2D eigenvalue weighted by Gasteiger charge is 2.45. The van der Waals surface area contributed by atoms with Crippen LogP contribution in [0, 0.1) is 25.2 Å². The monoisotopic (exact) mass is 1140 g/mol. The summed E-state index contributed by atoms with van der Waals surface area (Å²) in [5.41, 5.74) is 8.83. The average Bonchev–Trinajstić information content (AvgIpc) is 4.23. The summed E-state index contributed by atoms with van der Waals surface area (Å²) in [6.45, 7) is 22.0. The first kappa shape index (κ1) is 59.8. The minimum atomic E-state index is -0.850. The lowest BCUT2D eigenvalue weighted by atomic mass is 9.84. The number of fused-ring (bicyclic) bond motifs is 1. The number of halogens is 1. The molecule has 9 rings (SSSR count). The zero-order chi connectivity index (χ0) is 57.7. The Balaban J connectivity index is 0.696. The van der Waals surface area contributed by atoms with Crippen molar-refractivity contribution in [1.82, 2.24) is 25.3 Å². The Labute approximate surface area is 490 Å². The summed E-state index contributed by atoms with van der Waals surface area (Å²) in [5.74, 6) is 0.684. The van der Waals surface area contributed by atoms with Gasteiger partial charge in [0.15, 0.2) is 0 Å². The summed E-state index contributed by atoms with van der Waals surface area (Å²) in [6.07, 6.45) is 6.39. The first-order valence-electron chi connectivity index (χ1n) is 29.6. The molecule has 4 aromatic carbocycles. The standard InChI is InChI=1S/C66H86ClN7O6S/c1-42(2)80-58-39-56-50(36-44(58)4)37-60(77)74(61(56)48-19-21-51(67)22-20-48)54-27-25-52(26-28-54)70(9)40-46-13-23-53(24-14-46)72-33-31-71(32-34-72)30-11-10-12-59(76)69-63(66(6,7)8)65(79)73-41-55(75)38-57(73)64(78)68-45(5)47-15-17-49(18-16-47)62-43(3)29-35-81-62/h15-22,25-29,35-36,39,42,45-46,53,55,57,61,63,75H,10-14,23-24,30-34,37-38,40-41H2,1-9H3,(H,68,78)(H,69,76)/t45-,46?,53?,55+,57-,61-,63+/m0/s1. The smallest absolute Gasteiger partial charge is 0.246 e. The van der Waals surface area contributed by atoms with E-state index >= 15 is 0 Å². The van der Waals surface area contributed by atoms with Gasteiger partial charge in [-0.1, -0.05) is 74.8 Å². The van der Waals surface area contributed by atoms with Gasteiger partial charge < -0.3 is 40.1 Å². The Morgan fingerprint density at radius 1 is 0.852 bits per heavy atom. The Morgan fingerprint density at radius 3 is 2.19 bits per heavy atom. The molecule has 4 amide bonds. The Kier molecular flexibility index (Phi) is 19.4. The second kappa shape index (κ2) is 26.2. The van der Waals surface area contributed by atoms with E-state index in [1.54, 1.807) is 11.3 Å². The largest absolute Gasteiger partial charge is 0.491 e. The van der Waals surface area contributed by atoms with Gasteiger partial charge >= 0.3 is 0 Å². The van der Waals surface area contributed by atoms with Crippen LogP contribution in [0.25, 0.3) is 10.4 Å². The van der Waals surface area contributed by atoms with Crippen molar-refractivity contribution in [3.63, 3.8) is 0 Å². The van der Waals surface area contributed by atoms with Crippen LogP contribution in [0.5, 0.6) is 5.75 Å². The van der Waals surface area contributed by atoms with Crippen molar-refractivity contribution in [3.8, 4) is 16.2 Å². The number of unbranched alkanes of at least 4 members (excludes halogenated alkanes) is 1. The predicted molar refractivity (Wildman–Crippen MR) is 327 cm³/mol. The number of anilines is 2. The zero-order valence-electron chi connectivity index (χ0n) is 49.2. The molecule has 3 fully saturated rings. The molecular weight excluding hydrogens is 1050 g/mol. The molecule has 0 radical (unpaired) electrons. The van der Waals surface area contributed by atoms with Gasteiger partial charge in [-0.05, 0) is 184 Å². The normalized spacial score (nSPS) is 21.6. The highest BCUT2D eigenvalue weighted by Crippen LogP contribution is 2.43. The lowest BCUT2D eigenvalue weighted by Crippen LogP contribution is -2.57. The van der Waals surface area contributed by atoms with Gasteiger partial charge in [-0.15, -0.1) is 11.3 Å². The second-order valence-electron chi connectivity index (χ2n) is 24.8. The van der Waals surface area contributed by atoms with Crippen LogP contribution in [0.1, 0.15) is 138 Å². The molecule has 5 atom stereocenters. The van der Waals surface area contributed by atoms with E-state index in [2.05, 4.69) is 99.3 Å². The molecule has 15 heteroatoms. The molecule has 13 nitrogen and oxygen atoms in total. The molecular formula is C66H86ClN7O6S. The van der Waals surface area contributed by atoms with Gasteiger partial charge in [0.1, 0.15) is 17.8 Å². The maximum absolute atomic E-state index is 14.3. The number of benzene rings is 4. The number of nitrogens with zero attached hydrogens (tertiary/aromatic N) is 5. The van der Waals surface area contributed by atoms with Crippen molar-refractivity contribution in [2.24, 2.45) is 11.3 Å². The fourth-order valence-corrected chi connectivity index (χ4v) is 13.8. The van der Waals surface area contributed by atoms with E-state index in [9.17, 15) is 24.3 Å². The van der Waals surface area contributed by atoms with Gasteiger partial charge in [0, 0.05) is 86.5 Å². The molecule has 81 heavy (non-hydrogen) atoms. The maximum Gasteiger partial charge on any atom is 0.246 e. The van der Waals surface area contributed by atoms with Crippen LogP contribution in [0.2, 0.25) is 5.02 Å². The molecule has 5 aromatic rings. The van der Waals surface area contributed by atoms with Crippen molar-refractivity contribution in [2.45, 2.75) is 156 Å². The second-order valence-corrected chi connectivity index (χ2v) is 26.2.